The summed E-state index contributed by atoms with van der Waals surface area (Å²) >= 11 is 6.11. The minimum atomic E-state index is -2.56. The normalized spacial score (nSPS) is 21.1. The molecule has 0 atom stereocenters. The van der Waals surface area contributed by atoms with E-state index in [0.29, 0.717) is 30.2 Å². The van der Waals surface area contributed by atoms with Crippen molar-refractivity contribution in [2.24, 2.45) is 5.73 Å². The summed E-state index contributed by atoms with van der Waals surface area (Å²) in [4.78, 5) is 0. The molecule has 0 radical (unpaired) electrons. The molecule has 1 fully saturated rings. The number of methoxy groups -OCH3 is 1. The van der Waals surface area contributed by atoms with Crippen molar-refractivity contribution in [3.05, 3.63) is 28.8 Å². The van der Waals surface area contributed by atoms with Crippen LogP contribution in [0.3, 0.4) is 0 Å². The topological polar surface area (TPSA) is 35.2 Å². The minimum Gasteiger partial charge on any atom is -0.495 e. The monoisotopic (exact) mass is 289 g/mol. The first-order chi connectivity index (χ1) is 8.92. The van der Waals surface area contributed by atoms with Crippen molar-refractivity contribution in [1.29, 1.82) is 0 Å². The van der Waals surface area contributed by atoms with Gasteiger partial charge in [-0.05, 0) is 30.5 Å². The molecule has 1 saturated carbocycles. The number of benzene rings is 1. The van der Waals surface area contributed by atoms with Crippen molar-refractivity contribution in [1.82, 2.24) is 0 Å². The van der Waals surface area contributed by atoms with E-state index < -0.39 is 11.3 Å². The van der Waals surface area contributed by atoms with E-state index in [-0.39, 0.29) is 12.8 Å². The van der Waals surface area contributed by atoms with Crippen LogP contribution in [-0.4, -0.2) is 19.6 Å². The quantitative estimate of drug-likeness (QED) is 0.920. The predicted molar refractivity (Wildman–Crippen MR) is 72.2 cm³/mol. The highest BCUT2D eigenvalue weighted by Crippen LogP contribution is 2.45. The predicted octanol–water partition coefficient (Wildman–Crippen LogP) is 3.75. The van der Waals surface area contributed by atoms with Gasteiger partial charge in [-0.15, -0.1) is 0 Å². The number of hydrogen-bond donors (Lipinski definition) is 1. The number of nitrogens with two attached hydrogens (primary N) is 1. The van der Waals surface area contributed by atoms with Gasteiger partial charge in [0.25, 0.3) is 0 Å². The fourth-order valence-electron chi connectivity index (χ4n) is 2.70. The number of hydrogen-bond acceptors (Lipinski definition) is 2. The fourth-order valence-corrected chi connectivity index (χ4v) is 2.96. The SMILES string of the molecule is COc1ccc(C2(CN)CCC(F)(F)CC2)cc1Cl. The number of alkyl halides is 2. The molecule has 0 bridgehead atoms. The summed E-state index contributed by atoms with van der Waals surface area (Å²) < 4.78 is 31.7. The van der Waals surface area contributed by atoms with Crippen molar-refractivity contribution in [3.8, 4) is 5.75 Å². The highest BCUT2D eigenvalue weighted by atomic mass is 35.5. The van der Waals surface area contributed by atoms with Crippen LogP contribution in [0.4, 0.5) is 8.78 Å². The molecule has 0 amide bonds. The summed E-state index contributed by atoms with van der Waals surface area (Å²) in [6.07, 6.45) is 0.542. The first-order valence-corrected chi connectivity index (χ1v) is 6.72. The Morgan fingerprint density at radius 2 is 1.89 bits per heavy atom. The van der Waals surface area contributed by atoms with E-state index in [1.54, 1.807) is 19.2 Å². The Bertz CT molecular complexity index is 455. The summed E-state index contributed by atoms with van der Waals surface area (Å²) in [6, 6.07) is 5.43. The summed E-state index contributed by atoms with van der Waals surface area (Å²) in [5, 5.41) is 0.491. The average molecular weight is 290 g/mol. The van der Waals surface area contributed by atoms with Crippen molar-refractivity contribution < 1.29 is 13.5 Å². The highest BCUT2D eigenvalue weighted by Gasteiger charge is 2.43. The third-order valence-corrected chi connectivity index (χ3v) is 4.39. The molecule has 0 unspecified atom stereocenters. The van der Waals surface area contributed by atoms with E-state index in [1.807, 2.05) is 6.07 Å². The van der Waals surface area contributed by atoms with Crippen molar-refractivity contribution >= 4 is 11.6 Å². The molecule has 2 nitrogen and oxygen atoms in total. The van der Waals surface area contributed by atoms with Crippen LogP contribution in [0.25, 0.3) is 0 Å². The van der Waals surface area contributed by atoms with Crippen molar-refractivity contribution in [2.75, 3.05) is 13.7 Å². The lowest BCUT2D eigenvalue weighted by atomic mass is 9.68. The lowest BCUT2D eigenvalue weighted by Gasteiger charge is -2.40. The van der Waals surface area contributed by atoms with E-state index in [2.05, 4.69) is 0 Å². The number of rotatable bonds is 3. The summed E-state index contributed by atoms with van der Waals surface area (Å²) in [6.45, 7) is 0.353. The van der Waals surface area contributed by atoms with Gasteiger partial charge in [0.1, 0.15) is 5.75 Å². The molecule has 0 aliphatic heterocycles. The Morgan fingerprint density at radius 1 is 1.26 bits per heavy atom. The van der Waals surface area contributed by atoms with Crippen molar-refractivity contribution in [3.63, 3.8) is 0 Å². The van der Waals surface area contributed by atoms with E-state index in [4.69, 9.17) is 22.1 Å². The second kappa shape index (κ2) is 5.25. The second-order valence-electron chi connectivity index (χ2n) is 5.19. The molecule has 2 N–H and O–H groups in total. The van der Waals surface area contributed by atoms with Crippen LogP contribution in [0.15, 0.2) is 18.2 Å². The van der Waals surface area contributed by atoms with Crippen molar-refractivity contribution in [2.45, 2.75) is 37.0 Å². The highest BCUT2D eigenvalue weighted by molar-refractivity contribution is 6.32. The van der Waals surface area contributed by atoms with Crippen LogP contribution in [0, 0.1) is 0 Å². The van der Waals surface area contributed by atoms with Gasteiger partial charge in [-0.1, -0.05) is 17.7 Å². The van der Waals surface area contributed by atoms with E-state index in [0.717, 1.165) is 5.56 Å². The summed E-state index contributed by atoms with van der Waals surface area (Å²) in [5.74, 6) is -1.98. The van der Waals surface area contributed by atoms with Gasteiger partial charge in [0.2, 0.25) is 5.92 Å². The number of halogens is 3. The molecule has 19 heavy (non-hydrogen) atoms. The molecule has 1 aromatic carbocycles. The molecule has 0 aromatic heterocycles. The van der Waals surface area contributed by atoms with Gasteiger partial charge < -0.3 is 10.5 Å². The van der Waals surface area contributed by atoms with Crippen LogP contribution in [0.2, 0.25) is 5.02 Å². The standard InChI is InChI=1S/C14H18ClF2NO/c1-19-12-3-2-10(8-11(12)15)13(9-18)4-6-14(16,17)7-5-13/h2-3,8H,4-7,9,18H2,1H3. The second-order valence-corrected chi connectivity index (χ2v) is 5.60. The molecular weight excluding hydrogens is 272 g/mol. The Kier molecular flexibility index (Phi) is 4.02. The van der Waals surface area contributed by atoms with Gasteiger partial charge in [0, 0.05) is 24.8 Å². The Morgan fingerprint density at radius 3 is 2.37 bits per heavy atom. The van der Waals surface area contributed by atoms with Crippen LogP contribution in [-0.2, 0) is 5.41 Å². The lowest BCUT2D eigenvalue weighted by Crippen LogP contribution is -2.42. The Hall–Kier alpha value is -0.870. The third kappa shape index (κ3) is 2.84. The Labute approximate surface area is 116 Å². The molecule has 5 heteroatoms. The maximum atomic E-state index is 13.3. The molecule has 1 aromatic rings. The number of ether oxygens (including phenoxy) is 1. The smallest absolute Gasteiger partial charge is 0.248 e. The first kappa shape index (κ1) is 14.5. The maximum Gasteiger partial charge on any atom is 0.248 e. The van der Waals surface area contributed by atoms with Gasteiger partial charge in [-0.3, -0.25) is 0 Å². The molecule has 0 saturated heterocycles. The van der Waals surface area contributed by atoms with Crippen LogP contribution >= 0.6 is 11.6 Å². The van der Waals surface area contributed by atoms with Gasteiger partial charge in [-0.25, -0.2) is 8.78 Å². The molecule has 2 rings (SSSR count). The van der Waals surface area contributed by atoms with Gasteiger partial charge in [0.15, 0.2) is 0 Å². The molecule has 1 aliphatic rings. The first-order valence-electron chi connectivity index (χ1n) is 6.34. The lowest BCUT2D eigenvalue weighted by molar-refractivity contribution is -0.0509. The molecule has 0 spiro atoms. The summed E-state index contributed by atoms with van der Waals surface area (Å²) in [7, 11) is 1.54. The van der Waals surface area contributed by atoms with Crippen LogP contribution < -0.4 is 10.5 Å². The maximum absolute atomic E-state index is 13.3. The summed E-state index contributed by atoms with van der Waals surface area (Å²) in [5.41, 5.74) is 6.40. The largest absolute Gasteiger partial charge is 0.495 e. The van der Waals surface area contributed by atoms with Crippen LogP contribution in [0.5, 0.6) is 5.75 Å². The molecule has 1 aliphatic carbocycles. The average Bonchev–Trinajstić information content (AvgIpc) is 2.39. The zero-order valence-electron chi connectivity index (χ0n) is 10.9. The molecular formula is C14H18ClF2NO. The zero-order chi connectivity index (χ0) is 14.1. The van der Waals surface area contributed by atoms with Crippen LogP contribution in [0.1, 0.15) is 31.2 Å². The minimum absolute atomic E-state index is 0.117. The van der Waals surface area contributed by atoms with E-state index in [1.165, 1.54) is 0 Å². The van der Waals surface area contributed by atoms with E-state index >= 15 is 0 Å². The molecule has 106 valence electrons. The Balaban J connectivity index is 2.30. The third-order valence-electron chi connectivity index (χ3n) is 4.09. The zero-order valence-corrected chi connectivity index (χ0v) is 11.6. The van der Waals surface area contributed by atoms with Gasteiger partial charge in [-0.2, -0.15) is 0 Å². The van der Waals surface area contributed by atoms with E-state index in [9.17, 15) is 8.78 Å². The van der Waals surface area contributed by atoms with Gasteiger partial charge in [0.05, 0.1) is 12.1 Å². The molecule has 0 heterocycles. The van der Waals surface area contributed by atoms with Gasteiger partial charge >= 0.3 is 0 Å². The fraction of sp³-hybridized carbons (Fsp3) is 0.571.